The standard InChI is InChI=1S/C16H26NO2/c1-12(2)10-14-8-7-9-17(11-14)13(3)19-15(18)16(4,5)6/h7-9,11-13H,10H2,1-6H3/q+1. The van der Waals surface area contributed by atoms with E-state index < -0.39 is 5.41 Å². The normalized spacial score (nSPS) is 13.4. The lowest BCUT2D eigenvalue weighted by molar-refractivity contribution is -0.753. The fourth-order valence-electron chi connectivity index (χ4n) is 1.75. The van der Waals surface area contributed by atoms with Crippen molar-refractivity contribution in [1.82, 2.24) is 0 Å². The molecule has 0 fully saturated rings. The van der Waals surface area contributed by atoms with Crippen LogP contribution in [0, 0.1) is 11.3 Å². The van der Waals surface area contributed by atoms with Crippen molar-refractivity contribution in [2.75, 3.05) is 0 Å². The maximum atomic E-state index is 11.9. The smallest absolute Gasteiger partial charge is 0.316 e. The van der Waals surface area contributed by atoms with E-state index in [0.717, 1.165) is 6.42 Å². The van der Waals surface area contributed by atoms with Crippen molar-refractivity contribution in [2.24, 2.45) is 11.3 Å². The molecule has 3 nitrogen and oxygen atoms in total. The molecule has 1 heterocycles. The first kappa shape index (κ1) is 15.7. The van der Waals surface area contributed by atoms with Crippen LogP contribution >= 0.6 is 0 Å². The van der Waals surface area contributed by atoms with Crippen molar-refractivity contribution >= 4 is 5.97 Å². The van der Waals surface area contributed by atoms with Gasteiger partial charge in [-0.2, -0.15) is 4.57 Å². The molecule has 1 atom stereocenters. The van der Waals surface area contributed by atoms with Crippen LogP contribution in [0.5, 0.6) is 0 Å². The first-order chi connectivity index (χ1) is 8.70. The second-order valence-corrected chi connectivity index (χ2v) is 6.51. The van der Waals surface area contributed by atoms with Crippen LogP contribution in [0.1, 0.15) is 53.3 Å². The Balaban J connectivity index is 2.77. The van der Waals surface area contributed by atoms with Crippen molar-refractivity contribution < 1.29 is 14.1 Å². The summed E-state index contributed by atoms with van der Waals surface area (Å²) in [5.74, 6) is 0.435. The maximum absolute atomic E-state index is 11.9. The molecule has 0 aliphatic carbocycles. The second kappa shape index (κ2) is 6.18. The van der Waals surface area contributed by atoms with E-state index in [1.54, 1.807) is 0 Å². The van der Waals surface area contributed by atoms with Gasteiger partial charge in [0.25, 0.3) is 0 Å². The van der Waals surface area contributed by atoms with E-state index in [1.807, 2.05) is 44.5 Å². The number of aromatic nitrogens is 1. The van der Waals surface area contributed by atoms with Crippen LogP contribution in [-0.4, -0.2) is 5.97 Å². The molecule has 0 aliphatic heterocycles. The Morgan fingerprint density at radius 2 is 1.95 bits per heavy atom. The van der Waals surface area contributed by atoms with Crippen LogP contribution in [0.3, 0.4) is 0 Å². The third-order valence-electron chi connectivity index (χ3n) is 2.84. The highest BCUT2D eigenvalue weighted by atomic mass is 16.6. The zero-order chi connectivity index (χ0) is 14.6. The molecule has 0 saturated heterocycles. The highest BCUT2D eigenvalue weighted by Gasteiger charge is 2.27. The zero-order valence-corrected chi connectivity index (χ0v) is 12.9. The molecule has 0 aliphatic rings. The second-order valence-electron chi connectivity index (χ2n) is 6.51. The van der Waals surface area contributed by atoms with Gasteiger partial charge in [0.1, 0.15) is 0 Å². The lowest BCUT2D eigenvalue weighted by Crippen LogP contribution is -2.42. The molecule has 1 rings (SSSR count). The van der Waals surface area contributed by atoms with Gasteiger partial charge in [0.2, 0.25) is 0 Å². The quantitative estimate of drug-likeness (QED) is 0.617. The van der Waals surface area contributed by atoms with Crippen molar-refractivity contribution in [1.29, 1.82) is 0 Å². The number of rotatable bonds is 4. The first-order valence-electron chi connectivity index (χ1n) is 6.91. The summed E-state index contributed by atoms with van der Waals surface area (Å²) in [7, 11) is 0. The highest BCUT2D eigenvalue weighted by molar-refractivity contribution is 5.75. The van der Waals surface area contributed by atoms with E-state index in [9.17, 15) is 4.79 Å². The Labute approximate surface area is 116 Å². The summed E-state index contributed by atoms with van der Waals surface area (Å²) in [5, 5.41) is 0. The Hall–Kier alpha value is -1.38. The zero-order valence-electron chi connectivity index (χ0n) is 12.9. The number of pyridine rings is 1. The summed E-state index contributed by atoms with van der Waals surface area (Å²) in [4.78, 5) is 11.9. The number of hydrogen-bond donors (Lipinski definition) is 0. The molecule has 0 amide bonds. The van der Waals surface area contributed by atoms with E-state index in [-0.39, 0.29) is 12.2 Å². The summed E-state index contributed by atoms with van der Waals surface area (Å²) in [6.07, 6.45) is 4.74. The number of carbonyl (C=O) groups excluding carboxylic acids is 1. The van der Waals surface area contributed by atoms with Gasteiger partial charge in [-0.05, 0) is 39.2 Å². The molecule has 0 saturated carbocycles. The fraction of sp³-hybridized carbons (Fsp3) is 0.625. The van der Waals surface area contributed by atoms with Crippen LogP contribution in [0.25, 0.3) is 0 Å². The fourth-order valence-corrected chi connectivity index (χ4v) is 1.75. The molecule has 1 aromatic rings. The summed E-state index contributed by atoms with van der Waals surface area (Å²) in [5.41, 5.74) is 0.792. The van der Waals surface area contributed by atoms with E-state index in [4.69, 9.17) is 4.74 Å². The molecular weight excluding hydrogens is 238 g/mol. The SMILES string of the molecule is CC(C)Cc1ccc[n+](C(C)OC(=O)C(C)(C)C)c1. The minimum absolute atomic E-state index is 0.179. The monoisotopic (exact) mass is 264 g/mol. The minimum Gasteiger partial charge on any atom is -0.402 e. The van der Waals surface area contributed by atoms with Crippen LogP contribution in [-0.2, 0) is 16.0 Å². The lowest BCUT2D eigenvalue weighted by Gasteiger charge is -2.18. The Morgan fingerprint density at radius 1 is 1.32 bits per heavy atom. The van der Waals surface area contributed by atoms with Gasteiger partial charge in [-0.3, -0.25) is 4.79 Å². The van der Waals surface area contributed by atoms with E-state index >= 15 is 0 Å². The van der Waals surface area contributed by atoms with Gasteiger partial charge in [-0.1, -0.05) is 13.8 Å². The van der Waals surface area contributed by atoms with Crippen LogP contribution in [0.4, 0.5) is 0 Å². The molecule has 0 bridgehead atoms. The van der Waals surface area contributed by atoms with E-state index in [0.29, 0.717) is 5.92 Å². The lowest BCUT2D eigenvalue weighted by atomic mass is 9.97. The van der Waals surface area contributed by atoms with Gasteiger partial charge < -0.3 is 4.74 Å². The number of hydrogen-bond acceptors (Lipinski definition) is 2. The Kier molecular flexibility index (Phi) is 5.10. The highest BCUT2D eigenvalue weighted by Crippen LogP contribution is 2.17. The summed E-state index contributed by atoms with van der Waals surface area (Å²) < 4.78 is 7.43. The molecule has 0 N–H and O–H groups in total. The third-order valence-corrected chi connectivity index (χ3v) is 2.84. The van der Waals surface area contributed by atoms with Crippen molar-refractivity contribution in [3.8, 4) is 0 Å². The maximum Gasteiger partial charge on any atom is 0.316 e. The Morgan fingerprint density at radius 3 is 2.47 bits per heavy atom. The summed E-state index contributed by atoms with van der Waals surface area (Å²) in [6.45, 7) is 11.9. The van der Waals surface area contributed by atoms with Gasteiger partial charge in [-0.25, -0.2) is 0 Å². The molecular formula is C16H26NO2+. The number of esters is 1. The van der Waals surface area contributed by atoms with Crippen LogP contribution in [0.2, 0.25) is 0 Å². The van der Waals surface area contributed by atoms with Gasteiger partial charge >= 0.3 is 12.2 Å². The van der Waals surface area contributed by atoms with Crippen LogP contribution in [0.15, 0.2) is 24.5 Å². The van der Waals surface area contributed by atoms with Gasteiger partial charge in [0.15, 0.2) is 12.4 Å². The third kappa shape index (κ3) is 5.01. The minimum atomic E-state index is -0.468. The largest absolute Gasteiger partial charge is 0.402 e. The molecule has 1 unspecified atom stereocenters. The summed E-state index contributed by atoms with van der Waals surface area (Å²) >= 11 is 0. The van der Waals surface area contributed by atoms with Crippen molar-refractivity contribution in [3.63, 3.8) is 0 Å². The van der Waals surface area contributed by atoms with Crippen LogP contribution < -0.4 is 4.57 Å². The molecule has 0 spiro atoms. The average molecular weight is 264 g/mol. The van der Waals surface area contributed by atoms with Gasteiger partial charge in [0.05, 0.1) is 5.41 Å². The molecule has 1 aromatic heterocycles. The Bertz CT molecular complexity index is 433. The molecule has 0 aromatic carbocycles. The number of ether oxygens (including phenoxy) is 1. The molecule has 0 radical (unpaired) electrons. The number of nitrogens with zero attached hydrogens (tertiary/aromatic N) is 1. The molecule has 106 valence electrons. The van der Waals surface area contributed by atoms with Gasteiger partial charge in [0, 0.05) is 18.6 Å². The predicted molar refractivity (Wildman–Crippen MR) is 75.4 cm³/mol. The summed E-state index contributed by atoms with van der Waals surface area (Å²) in [6, 6.07) is 4.11. The first-order valence-corrected chi connectivity index (χ1v) is 6.91. The van der Waals surface area contributed by atoms with E-state index in [2.05, 4.69) is 26.1 Å². The predicted octanol–water partition coefficient (Wildman–Crippen LogP) is 3.28. The molecule has 19 heavy (non-hydrogen) atoms. The van der Waals surface area contributed by atoms with Crippen molar-refractivity contribution in [3.05, 3.63) is 30.1 Å². The average Bonchev–Trinajstić information content (AvgIpc) is 2.27. The van der Waals surface area contributed by atoms with E-state index in [1.165, 1.54) is 5.56 Å². The number of carbonyl (C=O) groups is 1. The topological polar surface area (TPSA) is 30.2 Å². The van der Waals surface area contributed by atoms with Crippen molar-refractivity contribution in [2.45, 2.75) is 54.2 Å². The molecule has 3 heteroatoms. The van der Waals surface area contributed by atoms with Gasteiger partial charge in [-0.15, -0.1) is 0 Å².